The van der Waals surface area contributed by atoms with Gasteiger partial charge in [-0.1, -0.05) is 19.3 Å². The summed E-state index contributed by atoms with van der Waals surface area (Å²) < 4.78 is 6.96. The molecule has 138 valence electrons. The number of amides is 1. The van der Waals surface area contributed by atoms with Crippen LogP contribution in [0.2, 0.25) is 0 Å². The molecule has 2 heterocycles. The van der Waals surface area contributed by atoms with Gasteiger partial charge in [0.05, 0.1) is 18.3 Å². The van der Waals surface area contributed by atoms with Crippen LogP contribution in [-0.4, -0.2) is 46.3 Å². The summed E-state index contributed by atoms with van der Waals surface area (Å²) in [4.78, 5) is 26.9. The second-order valence-electron chi connectivity index (χ2n) is 7.23. The van der Waals surface area contributed by atoms with Gasteiger partial charge >= 0.3 is 5.97 Å². The Morgan fingerprint density at radius 3 is 2.48 bits per heavy atom. The molecule has 2 fully saturated rings. The second-order valence-corrected chi connectivity index (χ2v) is 7.23. The number of likely N-dealkylation sites (tertiary alicyclic amines) is 1. The van der Waals surface area contributed by atoms with Crippen molar-refractivity contribution in [2.45, 2.75) is 64.8 Å². The normalized spacial score (nSPS) is 19.8. The molecule has 1 aromatic heterocycles. The van der Waals surface area contributed by atoms with E-state index in [4.69, 9.17) is 4.74 Å². The molecule has 1 saturated carbocycles. The molecule has 0 spiro atoms. The molecule has 1 aliphatic heterocycles. The Morgan fingerprint density at radius 2 is 1.84 bits per heavy atom. The summed E-state index contributed by atoms with van der Waals surface area (Å²) in [6.45, 7) is 5.56. The van der Waals surface area contributed by atoms with Crippen molar-refractivity contribution in [1.29, 1.82) is 0 Å². The zero-order valence-corrected chi connectivity index (χ0v) is 15.4. The van der Waals surface area contributed by atoms with Gasteiger partial charge in [0.1, 0.15) is 5.69 Å². The summed E-state index contributed by atoms with van der Waals surface area (Å²) in [5.74, 6) is 0.247. The van der Waals surface area contributed by atoms with E-state index in [9.17, 15) is 9.59 Å². The van der Waals surface area contributed by atoms with Gasteiger partial charge in [0.15, 0.2) is 0 Å². The molecular weight excluding hydrogens is 318 g/mol. The Kier molecular flexibility index (Phi) is 5.76. The van der Waals surface area contributed by atoms with Crippen LogP contribution in [0.1, 0.15) is 74.1 Å². The molecular formula is C19H29N3O3. The quantitative estimate of drug-likeness (QED) is 0.785. The summed E-state index contributed by atoms with van der Waals surface area (Å²) in [6, 6.07) is 1.95. The molecule has 1 amide bonds. The molecule has 0 unspecified atom stereocenters. The van der Waals surface area contributed by atoms with E-state index >= 15 is 0 Å². The standard InChI is InChI=1S/C19H29N3O3/c1-3-25-19(24)17-13-14(2)20-22(17)16-9-11-21(12-10-16)18(23)15-7-5-4-6-8-15/h13,15-16H,3-12H2,1-2H3. The van der Waals surface area contributed by atoms with Crippen molar-refractivity contribution in [2.75, 3.05) is 19.7 Å². The molecule has 0 atom stereocenters. The average Bonchev–Trinajstić information content (AvgIpc) is 3.04. The summed E-state index contributed by atoms with van der Waals surface area (Å²) >= 11 is 0. The maximum Gasteiger partial charge on any atom is 0.356 e. The molecule has 0 aromatic carbocycles. The smallest absolute Gasteiger partial charge is 0.356 e. The second kappa shape index (κ2) is 8.02. The Labute approximate surface area is 149 Å². The third kappa shape index (κ3) is 4.05. The molecule has 3 rings (SSSR count). The molecule has 0 bridgehead atoms. The zero-order valence-electron chi connectivity index (χ0n) is 15.4. The van der Waals surface area contributed by atoms with E-state index in [-0.39, 0.29) is 17.9 Å². The minimum atomic E-state index is -0.316. The summed E-state index contributed by atoms with van der Waals surface area (Å²) in [5.41, 5.74) is 1.35. The van der Waals surface area contributed by atoms with Crippen LogP contribution >= 0.6 is 0 Å². The lowest BCUT2D eigenvalue weighted by Gasteiger charge is -2.35. The lowest BCUT2D eigenvalue weighted by Crippen LogP contribution is -2.43. The molecule has 1 saturated heterocycles. The molecule has 6 heteroatoms. The first-order chi connectivity index (χ1) is 12.1. The number of esters is 1. The maximum atomic E-state index is 12.7. The summed E-state index contributed by atoms with van der Waals surface area (Å²) in [7, 11) is 0. The van der Waals surface area contributed by atoms with Crippen molar-refractivity contribution < 1.29 is 14.3 Å². The fraction of sp³-hybridized carbons (Fsp3) is 0.737. The van der Waals surface area contributed by atoms with Gasteiger partial charge in [0.25, 0.3) is 0 Å². The highest BCUT2D eigenvalue weighted by Crippen LogP contribution is 2.29. The lowest BCUT2D eigenvalue weighted by atomic mass is 9.87. The third-order valence-electron chi connectivity index (χ3n) is 5.42. The molecule has 25 heavy (non-hydrogen) atoms. The van der Waals surface area contributed by atoms with Crippen molar-refractivity contribution in [1.82, 2.24) is 14.7 Å². The number of piperidine rings is 1. The number of carbonyl (C=O) groups excluding carboxylic acids is 2. The van der Waals surface area contributed by atoms with E-state index in [1.165, 1.54) is 19.3 Å². The van der Waals surface area contributed by atoms with Crippen LogP contribution in [-0.2, 0) is 9.53 Å². The lowest BCUT2D eigenvalue weighted by molar-refractivity contribution is -0.137. The van der Waals surface area contributed by atoms with Gasteiger partial charge in [-0.2, -0.15) is 5.10 Å². The highest BCUT2D eigenvalue weighted by molar-refractivity contribution is 5.87. The number of nitrogens with zero attached hydrogens (tertiary/aromatic N) is 3. The number of carbonyl (C=O) groups is 2. The number of rotatable bonds is 4. The van der Waals surface area contributed by atoms with E-state index in [0.717, 1.165) is 44.5 Å². The van der Waals surface area contributed by atoms with Crippen LogP contribution in [0.4, 0.5) is 0 Å². The van der Waals surface area contributed by atoms with E-state index in [1.807, 2.05) is 16.5 Å². The molecule has 1 aromatic rings. The van der Waals surface area contributed by atoms with Gasteiger partial charge in [0, 0.05) is 19.0 Å². The monoisotopic (exact) mass is 347 g/mol. The van der Waals surface area contributed by atoms with Crippen molar-refractivity contribution in [2.24, 2.45) is 5.92 Å². The fourth-order valence-corrected chi connectivity index (χ4v) is 4.09. The topological polar surface area (TPSA) is 64.4 Å². The number of hydrogen-bond donors (Lipinski definition) is 0. The number of aromatic nitrogens is 2. The molecule has 6 nitrogen and oxygen atoms in total. The Morgan fingerprint density at radius 1 is 1.16 bits per heavy atom. The van der Waals surface area contributed by atoms with E-state index in [2.05, 4.69) is 5.10 Å². The Balaban J connectivity index is 1.62. The number of hydrogen-bond acceptors (Lipinski definition) is 4. The first-order valence-electron chi connectivity index (χ1n) is 9.62. The van der Waals surface area contributed by atoms with Gasteiger partial charge in [0.2, 0.25) is 5.91 Å². The molecule has 2 aliphatic rings. The van der Waals surface area contributed by atoms with Crippen LogP contribution in [0.3, 0.4) is 0 Å². The first-order valence-corrected chi connectivity index (χ1v) is 9.62. The predicted octanol–water partition coefficient (Wildman–Crippen LogP) is 3.11. The highest BCUT2D eigenvalue weighted by atomic mass is 16.5. The van der Waals surface area contributed by atoms with Crippen LogP contribution in [0.25, 0.3) is 0 Å². The van der Waals surface area contributed by atoms with Crippen molar-refractivity contribution in [3.05, 3.63) is 17.5 Å². The van der Waals surface area contributed by atoms with Crippen molar-refractivity contribution >= 4 is 11.9 Å². The molecule has 0 radical (unpaired) electrons. The van der Waals surface area contributed by atoms with E-state index < -0.39 is 0 Å². The van der Waals surface area contributed by atoms with Gasteiger partial charge in [-0.3, -0.25) is 9.48 Å². The SMILES string of the molecule is CCOC(=O)c1cc(C)nn1C1CCN(C(=O)C2CCCCC2)CC1. The molecule has 1 aliphatic carbocycles. The first kappa shape index (κ1) is 18.0. The van der Waals surface area contributed by atoms with Gasteiger partial charge < -0.3 is 9.64 Å². The van der Waals surface area contributed by atoms with E-state index in [0.29, 0.717) is 18.2 Å². The number of aryl methyl sites for hydroxylation is 1. The van der Waals surface area contributed by atoms with Crippen LogP contribution in [0.5, 0.6) is 0 Å². The largest absolute Gasteiger partial charge is 0.461 e. The van der Waals surface area contributed by atoms with Gasteiger partial charge in [-0.05, 0) is 45.6 Å². The number of ether oxygens (including phenoxy) is 1. The fourth-order valence-electron chi connectivity index (χ4n) is 4.09. The molecule has 0 N–H and O–H groups in total. The Bertz CT molecular complexity index is 611. The summed E-state index contributed by atoms with van der Waals surface area (Å²) in [6.07, 6.45) is 7.40. The van der Waals surface area contributed by atoms with Crippen LogP contribution in [0.15, 0.2) is 6.07 Å². The van der Waals surface area contributed by atoms with Crippen molar-refractivity contribution in [3.63, 3.8) is 0 Å². The highest BCUT2D eigenvalue weighted by Gasteiger charge is 2.31. The van der Waals surface area contributed by atoms with Gasteiger partial charge in [-0.25, -0.2) is 4.79 Å². The van der Waals surface area contributed by atoms with Crippen LogP contribution in [0, 0.1) is 12.8 Å². The minimum absolute atomic E-state index is 0.156. The maximum absolute atomic E-state index is 12.7. The summed E-state index contributed by atoms with van der Waals surface area (Å²) in [5, 5.41) is 4.51. The minimum Gasteiger partial charge on any atom is -0.461 e. The predicted molar refractivity (Wildman–Crippen MR) is 94.3 cm³/mol. The average molecular weight is 347 g/mol. The van der Waals surface area contributed by atoms with Gasteiger partial charge in [-0.15, -0.1) is 0 Å². The van der Waals surface area contributed by atoms with Crippen molar-refractivity contribution in [3.8, 4) is 0 Å². The van der Waals surface area contributed by atoms with Crippen LogP contribution < -0.4 is 0 Å². The van der Waals surface area contributed by atoms with E-state index in [1.54, 1.807) is 13.0 Å². The Hall–Kier alpha value is -1.85. The zero-order chi connectivity index (χ0) is 17.8. The third-order valence-corrected chi connectivity index (χ3v) is 5.42.